The largest absolute Gasteiger partial charge is 0.389 e. The van der Waals surface area contributed by atoms with Crippen LogP contribution in [-0.2, 0) is 11.2 Å². The number of nitrogens with one attached hydrogen (secondary N) is 2. The lowest BCUT2D eigenvalue weighted by molar-refractivity contribution is 0.0368. The van der Waals surface area contributed by atoms with Crippen molar-refractivity contribution in [3.8, 4) is 0 Å². The first-order valence-corrected chi connectivity index (χ1v) is 10.1. The fraction of sp³-hybridized carbons (Fsp3) is 0.632. The third kappa shape index (κ3) is 10.6. The fourth-order valence-electron chi connectivity index (χ4n) is 2.46. The molecule has 0 aromatic heterocycles. The fourth-order valence-corrected chi connectivity index (χ4v) is 2.79. The SMILES string of the molecule is CCNC(=NCC(O)COCC1CC1)NCCCc1ccc(Br)cc1F.I. The Balaban J connectivity index is 0.00000364. The Hall–Kier alpha value is -0.450. The third-order valence-electron chi connectivity index (χ3n) is 4.10. The molecule has 1 aliphatic carbocycles. The van der Waals surface area contributed by atoms with Crippen molar-refractivity contribution in [2.75, 3.05) is 32.8 Å². The Morgan fingerprint density at radius 1 is 1.41 bits per heavy atom. The van der Waals surface area contributed by atoms with E-state index >= 15 is 0 Å². The van der Waals surface area contributed by atoms with Gasteiger partial charge in [0.15, 0.2) is 5.96 Å². The van der Waals surface area contributed by atoms with Crippen LogP contribution >= 0.6 is 39.9 Å². The predicted molar refractivity (Wildman–Crippen MR) is 121 cm³/mol. The molecule has 2 rings (SSSR count). The molecular formula is C19H30BrFIN3O2. The summed E-state index contributed by atoms with van der Waals surface area (Å²) < 4.78 is 20.0. The van der Waals surface area contributed by atoms with Gasteiger partial charge < -0.3 is 20.5 Å². The van der Waals surface area contributed by atoms with E-state index in [1.165, 1.54) is 18.9 Å². The van der Waals surface area contributed by atoms with E-state index in [2.05, 4.69) is 31.6 Å². The molecule has 0 amide bonds. The molecule has 1 aromatic rings. The highest BCUT2D eigenvalue weighted by atomic mass is 127. The lowest BCUT2D eigenvalue weighted by atomic mass is 10.1. The number of aliphatic hydroxyl groups excluding tert-OH is 1. The van der Waals surface area contributed by atoms with Crippen molar-refractivity contribution < 1.29 is 14.2 Å². The van der Waals surface area contributed by atoms with Crippen molar-refractivity contribution in [1.29, 1.82) is 0 Å². The van der Waals surface area contributed by atoms with Gasteiger partial charge in [-0.15, -0.1) is 24.0 Å². The summed E-state index contributed by atoms with van der Waals surface area (Å²) >= 11 is 3.26. The van der Waals surface area contributed by atoms with Gasteiger partial charge in [-0.2, -0.15) is 0 Å². The second-order valence-electron chi connectivity index (χ2n) is 6.62. The molecule has 1 unspecified atom stereocenters. The Labute approximate surface area is 186 Å². The maximum Gasteiger partial charge on any atom is 0.191 e. The van der Waals surface area contributed by atoms with Gasteiger partial charge in [0.2, 0.25) is 0 Å². The first-order valence-electron chi connectivity index (χ1n) is 9.30. The molecule has 0 bridgehead atoms. The maximum absolute atomic E-state index is 13.8. The van der Waals surface area contributed by atoms with E-state index in [0.29, 0.717) is 43.6 Å². The lowest BCUT2D eigenvalue weighted by Crippen LogP contribution is -2.38. The van der Waals surface area contributed by atoms with Crippen LogP contribution in [0.1, 0.15) is 31.7 Å². The molecule has 1 aliphatic rings. The average Bonchev–Trinajstić information content (AvgIpc) is 3.42. The summed E-state index contributed by atoms with van der Waals surface area (Å²) in [6, 6.07) is 5.14. The minimum absolute atomic E-state index is 0. The highest BCUT2D eigenvalue weighted by Crippen LogP contribution is 2.28. The van der Waals surface area contributed by atoms with E-state index in [1.807, 2.05) is 13.0 Å². The van der Waals surface area contributed by atoms with Crippen LogP contribution in [-0.4, -0.2) is 50.0 Å². The molecule has 3 N–H and O–H groups in total. The highest BCUT2D eigenvalue weighted by Gasteiger charge is 2.21. The first kappa shape index (κ1) is 24.6. The number of aryl methyl sites for hydroxylation is 1. The van der Waals surface area contributed by atoms with Gasteiger partial charge in [-0.3, -0.25) is 4.99 Å². The van der Waals surface area contributed by atoms with E-state index in [-0.39, 0.29) is 29.8 Å². The Bertz CT molecular complexity index is 588. The molecule has 1 saturated carbocycles. The molecular weight excluding hydrogens is 528 g/mol. The van der Waals surface area contributed by atoms with Crippen LogP contribution < -0.4 is 10.6 Å². The number of benzene rings is 1. The second-order valence-corrected chi connectivity index (χ2v) is 7.54. The van der Waals surface area contributed by atoms with E-state index in [0.717, 1.165) is 24.0 Å². The van der Waals surface area contributed by atoms with Crippen LogP contribution in [0.4, 0.5) is 4.39 Å². The zero-order valence-electron chi connectivity index (χ0n) is 15.7. The van der Waals surface area contributed by atoms with E-state index in [4.69, 9.17) is 4.74 Å². The second kappa shape index (κ2) is 13.7. The van der Waals surface area contributed by atoms with Crippen molar-refractivity contribution in [1.82, 2.24) is 10.6 Å². The van der Waals surface area contributed by atoms with Crippen LogP contribution in [0.25, 0.3) is 0 Å². The smallest absolute Gasteiger partial charge is 0.191 e. The van der Waals surface area contributed by atoms with Crippen molar-refractivity contribution in [2.24, 2.45) is 10.9 Å². The third-order valence-corrected chi connectivity index (χ3v) is 4.59. The Morgan fingerprint density at radius 2 is 2.19 bits per heavy atom. The normalized spacial score (nSPS) is 15.2. The van der Waals surface area contributed by atoms with Crippen LogP contribution in [0.3, 0.4) is 0 Å². The molecule has 0 spiro atoms. The number of rotatable bonds is 11. The van der Waals surface area contributed by atoms with Crippen LogP contribution in [0, 0.1) is 11.7 Å². The first-order chi connectivity index (χ1) is 12.6. The van der Waals surface area contributed by atoms with Gasteiger partial charge in [0, 0.05) is 24.2 Å². The van der Waals surface area contributed by atoms with Crippen molar-refractivity contribution in [3.05, 3.63) is 34.1 Å². The number of aliphatic imine (C=N–C) groups is 1. The number of aliphatic hydroxyl groups is 1. The molecule has 8 heteroatoms. The zero-order valence-corrected chi connectivity index (χ0v) is 19.6. The summed E-state index contributed by atoms with van der Waals surface area (Å²) in [5.41, 5.74) is 0.708. The summed E-state index contributed by atoms with van der Waals surface area (Å²) in [5.74, 6) is 1.17. The van der Waals surface area contributed by atoms with E-state index in [1.54, 1.807) is 6.07 Å². The molecule has 154 valence electrons. The molecule has 0 heterocycles. The Morgan fingerprint density at radius 3 is 2.85 bits per heavy atom. The number of hydrogen-bond acceptors (Lipinski definition) is 3. The molecule has 1 atom stereocenters. The van der Waals surface area contributed by atoms with Gasteiger partial charge in [0.05, 0.1) is 19.3 Å². The molecule has 0 saturated heterocycles. The molecule has 0 radical (unpaired) electrons. The van der Waals surface area contributed by atoms with Gasteiger partial charge >= 0.3 is 0 Å². The topological polar surface area (TPSA) is 65.9 Å². The van der Waals surface area contributed by atoms with Gasteiger partial charge in [0.1, 0.15) is 5.82 Å². The molecule has 27 heavy (non-hydrogen) atoms. The molecule has 1 aromatic carbocycles. The minimum atomic E-state index is -0.596. The average molecular weight is 558 g/mol. The number of guanidine groups is 1. The summed E-state index contributed by atoms with van der Waals surface area (Å²) in [4.78, 5) is 4.38. The summed E-state index contributed by atoms with van der Waals surface area (Å²) in [6.45, 7) is 4.76. The van der Waals surface area contributed by atoms with Crippen molar-refractivity contribution in [2.45, 2.75) is 38.7 Å². The summed E-state index contributed by atoms with van der Waals surface area (Å²) in [6.07, 6.45) is 3.33. The van der Waals surface area contributed by atoms with Crippen LogP contribution in [0.2, 0.25) is 0 Å². The number of halogens is 3. The van der Waals surface area contributed by atoms with Crippen molar-refractivity contribution >= 4 is 45.9 Å². The van der Waals surface area contributed by atoms with E-state index < -0.39 is 6.10 Å². The number of nitrogens with zero attached hydrogens (tertiary/aromatic N) is 1. The summed E-state index contributed by atoms with van der Waals surface area (Å²) in [7, 11) is 0. The Kier molecular flexibility index (Phi) is 12.5. The number of ether oxygens (including phenoxy) is 1. The van der Waals surface area contributed by atoms with Crippen LogP contribution in [0.5, 0.6) is 0 Å². The zero-order chi connectivity index (χ0) is 18.8. The van der Waals surface area contributed by atoms with Gasteiger partial charge in [-0.1, -0.05) is 22.0 Å². The minimum Gasteiger partial charge on any atom is -0.389 e. The standard InChI is InChI=1S/C19H29BrFN3O2.HI/c1-2-22-19(24-11-17(25)13-26-12-14-5-6-14)23-9-3-4-15-7-8-16(20)10-18(15)21;/h7-8,10,14,17,25H,2-6,9,11-13H2,1H3,(H2,22,23,24);1H. The monoisotopic (exact) mass is 557 g/mol. The summed E-state index contributed by atoms with van der Waals surface area (Å²) in [5, 5.41) is 16.3. The highest BCUT2D eigenvalue weighted by molar-refractivity contribution is 14.0. The quantitative estimate of drug-likeness (QED) is 0.169. The van der Waals surface area contributed by atoms with Gasteiger partial charge in [-0.25, -0.2) is 4.39 Å². The predicted octanol–water partition coefficient (Wildman–Crippen LogP) is 3.48. The van der Waals surface area contributed by atoms with Gasteiger partial charge in [0.25, 0.3) is 0 Å². The lowest BCUT2D eigenvalue weighted by Gasteiger charge is -2.13. The molecule has 1 fully saturated rings. The van der Waals surface area contributed by atoms with E-state index in [9.17, 15) is 9.50 Å². The molecule has 0 aliphatic heterocycles. The van der Waals surface area contributed by atoms with Crippen LogP contribution in [0.15, 0.2) is 27.7 Å². The van der Waals surface area contributed by atoms with Crippen molar-refractivity contribution in [3.63, 3.8) is 0 Å². The number of hydrogen-bond donors (Lipinski definition) is 3. The molecule has 5 nitrogen and oxygen atoms in total. The van der Waals surface area contributed by atoms with Gasteiger partial charge in [-0.05, 0) is 56.2 Å². The maximum atomic E-state index is 13.8.